The van der Waals surface area contributed by atoms with Crippen LogP contribution in [0.25, 0.3) is 0 Å². The highest BCUT2D eigenvalue weighted by molar-refractivity contribution is 6.30. The van der Waals surface area contributed by atoms with Crippen molar-refractivity contribution in [2.45, 2.75) is 32.6 Å². The largest absolute Gasteiger partial charge is 0.508 e. The van der Waals surface area contributed by atoms with Crippen molar-refractivity contribution in [3.05, 3.63) is 93.1 Å². The van der Waals surface area contributed by atoms with Gasteiger partial charge >= 0.3 is 0 Å². The van der Waals surface area contributed by atoms with Crippen molar-refractivity contribution in [2.24, 2.45) is 17.8 Å². The van der Waals surface area contributed by atoms with Gasteiger partial charge in [-0.2, -0.15) is 0 Å². The second-order valence-electron chi connectivity index (χ2n) is 10.5. The molecule has 4 atom stereocenters. The molecule has 1 fully saturated rings. The van der Waals surface area contributed by atoms with Gasteiger partial charge in [0.2, 0.25) is 11.8 Å². The Balaban J connectivity index is 1.47. The summed E-state index contributed by atoms with van der Waals surface area (Å²) >= 11 is 6.29. The first-order valence-electron chi connectivity index (χ1n) is 12.8. The molecule has 196 valence electrons. The molecule has 3 aliphatic carbocycles. The number of imide groups is 1. The van der Waals surface area contributed by atoms with Crippen molar-refractivity contribution < 1.29 is 29.1 Å². The smallest absolute Gasteiger partial charge is 0.238 e. The fourth-order valence-corrected chi connectivity index (χ4v) is 6.77. The van der Waals surface area contributed by atoms with Gasteiger partial charge in [0, 0.05) is 38.8 Å². The van der Waals surface area contributed by atoms with E-state index in [1.807, 2.05) is 6.08 Å². The molecule has 2 amide bonds. The van der Waals surface area contributed by atoms with Crippen LogP contribution >= 0.6 is 11.6 Å². The average molecular weight is 542 g/mol. The van der Waals surface area contributed by atoms with Crippen LogP contribution in [-0.4, -0.2) is 34.3 Å². The summed E-state index contributed by atoms with van der Waals surface area (Å²) in [6.45, 7) is 3.03. The van der Waals surface area contributed by atoms with Crippen LogP contribution in [-0.2, 0) is 19.2 Å². The Kier molecular flexibility index (Phi) is 5.81. The van der Waals surface area contributed by atoms with E-state index in [-0.39, 0.29) is 53.3 Å². The van der Waals surface area contributed by atoms with Crippen LogP contribution in [0.4, 0.5) is 5.69 Å². The lowest BCUT2D eigenvalue weighted by Gasteiger charge is -2.42. The van der Waals surface area contributed by atoms with Crippen LogP contribution in [0, 0.1) is 17.8 Å². The molecule has 4 aliphatic rings. The fraction of sp³-hybridized carbons (Fsp3) is 0.258. The average Bonchev–Trinajstić information content (AvgIpc) is 3.17. The number of phenolic OH excluding ortho intramolecular Hbond substituents is 1. The summed E-state index contributed by atoms with van der Waals surface area (Å²) in [4.78, 5) is 67.0. The van der Waals surface area contributed by atoms with Gasteiger partial charge in [-0.05, 0) is 81.1 Å². The van der Waals surface area contributed by atoms with Crippen LogP contribution in [0.1, 0.15) is 48.5 Å². The zero-order chi connectivity index (χ0) is 27.7. The second kappa shape index (κ2) is 8.99. The van der Waals surface area contributed by atoms with Crippen molar-refractivity contribution >= 4 is 46.5 Å². The lowest BCUT2D eigenvalue weighted by Crippen LogP contribution is -2.39. The van der Waals surface area contributed by atoms with E-state index in [9.17, 15) is 29.1 Å². The molecule has 1 saturated heterocycles. The molecule has 0 radical (unpaired) electrons. The lowest BCUT2D eigenvalue weighted by molar-refractivity contribution is -0.123. The zero-order valence-corrected chi connectivity index (χ0v) is 22.0. The van der Waals surface area contributed by atoms with E-state index >= 15 is 0 Å². The zero-order valence-electron chi connectivity index (χ0n) is 21.2. The number of amides is 2. The van der Waals surface area contributed by atoms with Crippen LogP contribution in [0.5, 0.6) is 5.75 Å². The third-order valence-corrected chi connectivity index (χ3v) is 8.63. The summed E-state index contributed by atoms with van der Waals surface area (Å²) in [6.07, 6.45) is 3.63. The van der Waals surface area contributed by atoms with Crippen LogP contribution in [0.2, 0.25) is 5.02 Å². The summed E-state index contributed by atoms with van der Waals surface area (Å²) in [5, 5.41) is 11.2. The summed E-state index contributed by atoms with van der Waals surface area (Å²) in [5.41, 5.74) is 2.89. The molecule has 7 nitrogen and oxygen atoms in total. The summed E-state index contributed by atoms with van der Waals surface area (Å²) in [6, 6.07) is 10.9. The van der Waals surface area contributed by atoms with Crippen molar-refractivity contribution in [2.75, 3.05) is 4.90 Å². The molecule has 0 aromatic heterocycles. The van der Waals surface area contributed by atoms with E-state index in [1.54, 1.807) is 37.3 Å². The van der Waals surface area contributed by atoms with E-state index in [4.69, 9.17) is 11.6 Å². The first kappa shape index (κ1) is 25.2. The van der Waals surface area contributed by atoms with Crippen LogP contribution in [0.15, 0.2) is 76.9 Å². The molecule has 0 saturated carbocycles. The van der Waals surface area contributed by atoms with Crippen molar-refractivity contribution in [3.63, 3.8) is 0 Å². The highest BCUT2D eigenvalue weighted by Crippen LogP contribution is 2.56. The molecule has 1 N–H and O–H groups in total. The monoisotopic (exact) mass is 541 g/mol. The first-order valence-corrected chi connectivity index (χ1v) is 13.1. The number of fused-ring (bicyclic) bond motifs is 3. The number of carbonyl (C=O) groups excluding carboxylic acids is 5. The Morgan fingerprint density at radius 3 is 2.41 bits per heavy atom. The fourth-order valence-electron chi connectivity index (χ4n) is 6.59. The highest BCUT2D eigenvalue weighted by atomic mass is 35.5. The number of aromatic hydroxyl groups is 1. The molecule has 1 aliphatic heterocycles. The summed E-state index contributed by atoms with van der Waals surface area (Å²) < 4.78 is 0. The Hall–Kier alpha value is -4.10. The number of anilines is 1. The molecule has 2 aromatic carbocycles. The maximum atomic E-state index is 13.9. The quantitative estimate of drug-likeness (QED) is 0.257. The van der Waals surface area contributed by atoms with Crippen LogP contribution in [0.3, 0.4) is 0 Å². The number of rotatable bonds is 3. The molecule has 1 heterocycles. The maximum Gasteiger partial charge on any atom is 0.238 e. The first-order chi connectivity index (χ1) is 18.6. The number of ketones is 3. The molecule has 8 heteroatoms. The number of hydrogen-bond donors (Lipinski definition) is 1. The third kappa shape index (κ3) is 3.75. The van der Waals surface area contributed by atoms with E-state index in [2.05, 4.69) is 0 Å². The van der Waals surface area contributed by atoms with Gasteiger partial charge in [0.1, 0.15) is 5.75 Å². The van der Waals surface area contributed by atoms with Gasteiger partial charge in [-0.1, -0.05) is 23.3 Å². The second-order valence-corrected chi connectivity index (χ2v) is 11.0. The molecule has 2 aromatic rings. The number of halogens is 1. The normalized spacial score (nSPS) is 26.2. The van der Waals surface area contributed by atoms with Crippen molar-refractivity contribution in [1.29, 1.82) is 0 Å². The maximum absolute atomic E-state index is 13.9. The van der Waals surface area contributed by atoms with Gasteiger partial charge in [-0.3, -0.25) is 28.9 Å². The number of Topliss-reactive ketones (excluding diaryl/α,β-unsaturated/α-hetero) is 2. The molecule has 6 rings (SSSR count). The number of hydrogen-bond acceptors (Lipinski definition) is 6. The van der Waals surface area contributed by atoms with E-state index in [1.165, 1.54) is 30.0 Å². The predicted molar refractivity (Wildman–Crippen MR) is 143 cm³/mol. The van der Waals surface area contributed by atoms with E-state index in [0.29, 0.717) is 33.0 Å². The van der Waals surface area contributed by atoms with Crippen molar-refractivity contribution in [3.8, 4) is 5.75 Å². The van der Waals surface area contributed by atoms with Gasteiger partial charge in [0.25, 0.3) is 0 Å². The van der Waals surface area contributed by atoms with Gasteiger partial charge in [0.05, 0.1) is 17.5 Å². The van der Waals surface area contributed by atoms with Crippen LogP contribution < -0.4 is 4.90 Å². The topological polar surface area (TPSA) is 109 Å². The summed E-state index contributed by atoms with van der Waals surface area (Å²) in [7, 11) is 0. The Bertz CT molecular complexity index is 1610. The standard InChI is InChI=1S/C31H24ClNO6/c1-14-11-25(36)28-23(29(14)37)13-21-19(26(28)22-12-17(32)5-10-24(22)35)8-9-20-27(21)31(39)33(30(20)38)18-6-3-16(4-7-18)15(2)34/h3-8,10-12,20-21,26-27,35H,9,13H2,1-2H3. The van der Waals surface area contributed by atoms with Gasteiger partial charge in [-0.25, -0.2) is 0 Å². The molecule has 39 heavy (non-hydrogen) atoms. The summed E-state index contributed by atoms with van der Waals surface area (Å²) in [5.74, 6) is -4.15. The van der Waals surface area contributed by atoms with Gasteiger partial charge in [-0.15, -0.1) is 0 Å². The van der Waals surface area contributed by atoms with Crippen molar-refractivity contribution in [1.82, 2.24) is 0 Å². The number of carbonyl (C=O) groups is 5. The number of allylic oxidation sites excluding steroid dienone is 6. The Morgan fingerprint density at radius 2 is 1.72 bits per heavy atom. The molecule has 0 spiro atoms. The SMILES string of the molecule is CC(=O)c1ccc(N2C(=O)C3CC=C4C(c5cc(Cl)ccc5O)C5=C(CC4C3C2=O)C(=O)C(C)=CC5=O)cc1. The minimum absolute atomic E-state index is 0.0764. The molecule has 4 unspecified atom stereocenters. The molecule has 0 bridgehead atoms. The third-order valence-electron chi connectivity index (χ3n) is 8.39. The number of benzene rings is 2. The predicted octanol–water partition coefficient (Wildman–Crippen LogP) is 4.88. The van der Waals surface area contributed by atoms with Gasteiger partial charge in [0.15, 0.2) is 17.3 Å². The number of phenols is 1. The molecular weight excluding hydrogens is 518 g/mol. The van der Waals surface area contributed by atoms with E-state index in [0.717, 1.165) is 5.57 Å². The number of nitrogens with zero attached hydrogens (tertiary/aromatic N) is 1. The lowest BCUT2D eigenvalue weighted by atomic mass is 9.59. The minimum atomic E-state index is -0.772. The molecular formula is C31H24ClNO6. The Morgan fingerprint density at radius 1 is 1.00 bits per heavy atom. The minimum Gasteiger partial charge on any atom is -0.508 e. The Labute approximate surface area is 229 Å². The highest BCUT2D eigenvalue weighted by Gasteiger charge is 2.56. The van der Waals surface area contributed by atoms with Gasteiger partial charge < -0.3 is 5.11 Å². The van der Waals surface area contributed by atoms with E-state index < -0.39 is 23.7 Å².